The molecule has 0 saturated carbocycles. The van der Waals surface area contributed by atoms with E-state index in [-0.39, 0.29) is 23.7 Å². The molecule has 29 heavy (non-hydrogen) atoms. The van der Waals surface area contributed by atoms with E-state index in [1.54, 1.807) is 25.1 Å². The number of nitrogens with zero attached hydrogens (tertiary/aromatic N) is 1. The summed E-state index contributed by atoms with van der Waals surface area (Å²) in [6.07, 6.45) is 0.139. The fourth-order valence-electron chi connectivity index (χ4n) is 3.06. The van der Waals surface area contributed by atoms with E-state index < -0.39 is 16.0 Å². The molecule has 2 heterocycles. The van der Waals surface area contributed by atoms with Gasteiger partial charge in [-0.2, -0.15) is 0 Å². The largest absolute Gasteiger partial charge is 0.457 e. The highest BCUT2D eigenvalue weighted by molar-refractivity contribution is 7.89. The van der Waals surface area contributed by atoms with E-state index in [0.717, 1.165) is 10.6 Å². The number of esters is 1. The minimum Gasteiger partial charge on any atom is -0.457 e. The van der Waals surface area contributed by atoms with Crippen LogP contribution in [0.2, 0.25) is 0 Å². The molecule has 0 aliphatic carbocycles. The fourth-order valence-corrected chi connectivity index (χ4v) is 4.26. The van der Waals surface area contributed by atoms with Gasteiger partial charge < -0.3 is 9.30 Å². The summed E-state index contributed by atoms with van der Waals surface area (Å²) >= 11 is 1.46. The second-order valence-corrected chi connectivity index (χ2v) is 9.09. The van der Waals surface area contributed by atoms with Gasteiger partial charge >= 0.3 is 5.97 Å². The van der Waals surface area contributed by atoms with E-state index in [4.69, 9.17) is 9.88 Å². The van der Waals surface area contributed by atoms with Gasteiger partial charge in [-0.1, -0.05) is 6.07 Å². The van der Waals surface area contributed by atoms with E-state index >= 15 is 0 Å². The standard InChI is InChI=1S/C20H20N2O5S2/c1-13-10-18(19(23)12-27-20(24)11-16-4-3-9-28-16)14(2)22(13)15-5-7-17(8-6-15)29(21,25)26/h3-10H,11-12H2,1-2H3,(H2,21,25,26). The third kappa shape index (κ3) is 4.81. The summed E-state index contributed by atoms with van der Waals surface area (Å²) in [5.41, 5.74) is 2.60. The number of carbonyl (C=O) groups is 2. The number of ketones is 1. The van der Waals surface area contributed by atoms with Gasteiger partial charge in [0.25, 0.3) is 0 Å². The average molecular weight is 433 g/mol. The van der Waals surface area contributed by atoms with Crippen molar-refractivity contribution in [2.24, 2.45) is 5.14 Å². The minimum absolute atomic E-state index is 0.0117. The lowest BCUT2D eigenvalue weighted by Gasteiger charge is -2.10. The van der Waals surface area contributed by atoms with Gasteiger partial charge in [-0.3, -0.25) is 9.59 Å². The molecule has 0 amide bonds. The summed E-state index contributed by atoms with van der Waals surface area (Å²) in [6, 6.07) is 11.5. The van der Waals surface area contributed by atoms with Crippen LogP contribution in [0.5, 0.6) is 0 Å². The number of Topliss-reactive ketones (excluding diaryl/α,β-unsaturated/α-hetero) is 1. The molecule has 152 valence electrons. The maximum Gasteiger partial charge on any atom is 0.311 e. The predicted molar refractivity (Wildman–Crippen MR) is 110 cm³/mol. The van der Waals surface area contributed by atoms with Crippen LogP contribution in [0.25, 0.3) is 5.69 Å². The number of hydrogen-bond acceptors (Lipinski definition) is 6. The Hall–Kier alpha value is -2.75. The molecule has 0 aliphatic heterocycles. The van der Waals surface area contributed by atoms with Crippen LogP contribution >= 0.6 is 11.3 Å². The Balaban J connectivity index is 1.74. The van der Waals surface area contributed by atoms with E-state index in [2.05, 4.69) is 0 Å². The summed E-state index contributed by atoms with van der Waals surface area (Å²) in [5, 5.41) is 7.00. The number of primary sulfonamides is 1. The Labute approximate surface area is 172 Å². The summed E-state index contributed by atoms with van der Waals surface area (Å²) in [4.78, 5) is 25.4. The Kier molecular flexibility index (Phi) is 6.02. The molecule has 2 aromatic heterocycles. The predicted octanol–water partition coefficient (Wildman–Crippen LogP) is 2.77. The fraction of sp³-hybridized carbons (Fsp3) is 0.200. The molecule has 0 spiro atoms. The first-order valence-electron chi connectivity index (χ1n) is 8.70. The van der Waals surface area contributed by atoms with Gasteiger partial charge in [-0.05, 0) is 55.6 Å². The lowest BCUT2D eigenvalue weighted by atomic mass is 10.1. The van der Waals surface area contributed by atoms with Gasteiger partial charge in [0.05, 0.1) is 11.3 Å². The molecule has 0 radical (unpaired) electrons. The van der Waals surface area contributed by atoms with Crippen LogP contribution < -0.4 is 5.14 Å². The highest BCUT2D eigenvalue weighted by Gasteiger charge is 2.19. The Morgan fingerprint density at radius 2 is 1.83 bits per heavy atom. The maximum atomic E-state index is 12.6. The number of carbonyl (C=O) groups excluding carboxylic acids is 2. The van der Waals surface area contributed by atoms with Crippen LogP contribution in [0.3, 0.4) is 0 Å². The second-order valence-electron chi connectivity index (χ2n) is 6.50. The Morgan fingerprint density at radius 1 is 1.14 bits per heavy atom. The SMILES string of the molecule is Cc1cc(C(=O)COC(=O)Cc2cccs2)c(C)n1-c1ccc(S(N)(=O)=O)cc1. The number of aromatic nitrogens is 1. The first-order valence-corrected chi connectivity index (χ1v) is 11.1. The molecule has 0 bridgehead atoms. The van der Waals surface area contributed by atoms with Gasteiger partial charge in [-0.15, -0.1) is 11.3 Å². The van der Waals surface area contributed by atoms with Gasteiger partial charge in [0.2, 0.25) is 15.8 Å². The van der Waals surface area contributed by atoms with Crippen LogP contribution in [0.4, 0.5) is 0 Å². The second kappa shape index (κ2) is 8.32. The summed E-state index contributed by atoms with van der Waals surface area (Å²) in [5.74, 6) is -0.752. The normalized spacial score (nSPS) is 11.4. The van der Waals surface area contributed by atoms with Crippen molar-refractivity contribution < 1.29 is 22.7 Å². The molecule has 2 N–H and O–H groups in total. The number of sulfonamides is 1. The van der Waals surface area contributed by atoms with Crippen molar-refractivity contribution in [3.63, 3.8) is 0 Å². The molecule has 0 saturated heterocycles. The van der Waals surface area contributed by atoms with Crippen molar-refractivity contribution in [3.8, 4) is 5.69 Å². The number of hydrogen-bond donors (Lipinski definition) is 1. The molecule has 0 fully saturated rings. The summed E-state index contributed by atoms with van der Waals surface area (Å²) in [7, 11) is -3.78. The molecular weight excluding hydrogens is 412 g/mol. The molecular formula is C20H20N2O5S2. The van der Waals surface area contributed by atoms with Crippen LogP contribution in [-0.2, 0) is 26.0 Å². The number of ether oxygens (including phenoxy) is 1. The van der Waals surface area contributed by atoms with Gasteiger partial charge in [0, 0.05) is 27.5 Å². The van der Waals surface area contributed by atoms with Crippen LogP contribution in [0.1, 0.15) is 26.6 Å². The van der Waals surface area contributed by atoms with Crippen molar-refractivity contribution in [1.82, 2.24) is 4.57 Å². The number of rotatable bonds is 7. The minimum atomic E-state index is -3.78. The Bertz CT molecular complexity index is 1140. The summed E-state index contributed by atoms with van der Waals surface area (Å²) in [6.45, 7) is 3.28. The number of benzene rings is 1. The van der Waals surface area contributed by atoms with Gasteiger partial charge in [0.15, 0.2) is 6.61 Å². The zero-order chi connectivity index (χ0) is 21.2. The lowest BCUT2D eigenvalue weighted by molar-refractivity contribution is -0.141. The molecule has 3 rings (SSSR count). The zero-order valence-corrected chi connectivity index (χ0v) is 17.5. The summed E-state index contributed by atoms with van der Waals surface area (Å²) < 4.78 is 29.8. The van der Waals surface area contributed by atoms with Crippen molar-refractivity contribution >= 4 is 33.1 Å². The molecule has 0 atom stereocenters. The van der Waals surface area contributed by atoms with Crippen LogP contribution in [-0.4, -0.2) is 31.3 Å². The number of thiophene rings is 1. The molecule has 0 unspecified atom stereocenters. The van der Waals surface area contributed by atoms with Crippen LogP contribution in [0, 0.1) is 13.8 Å². The molecule has 9 heteroatoms. The maximum absolute atomic E-state index is 12.6. The number of nitrogens with two attached hydrogens (primary N) is 1. The number of aryl methyl sites for hydroxylation is 1. The highest BCUT2D eigenvalue weighted by Crippen LogP contribution is 2.22. The first kappa shape index (κ1) is 21.0. The average Bonchev–Trinajstić information content (AvgIpc) is 3.27. The van der Waals surface area contributed by atoms with E-state index in [9.17, 15) is 18.0 Å². The van der Waals surface area contributed by atoms with Crippen molar-refractivity contribution in [1.29, 1.82) is 0 Å². The molecule has 0 aliphatic rings. The van der Waals surface area contributed by atoms with Gasteiger partial charge in [-0.25, -0.2) is 13.6 Å². The van der Waals surface area contributed by atoms with Crippen molar-refractivity contribution in [3.05, 3.63) is 69.7 Å². The first-order chi connectivity index (χ1) is 13.7. The molecule has 1 aromatic carbocycles. The lowest BCUT2D eigenvalue weighted by Crippen LogP contribution is -2.16. The van der Waals surface area contributed by atoms with Crippen molar-refractivity contribution in [2.45, 2.75) is 25.2 Å². The topological polar surface area (TPSA) is 108 Å². The smallest absolute Gasteiger partial charge is 0.311 e. The van der Waals surface area contributed by atoms with E-state index in [1.807, 2.05) is 29.0 Å². The van der Waals surface area contributed by atoms with Crippen LogP contribution in [0.15, 0.2) is 52.7 Å². The third-order valence-corrected chi connectivity index (χ3v) is 6.22. The van der Waals surface area contributed by atoms with Gasteiger partial charge in [0.1, 0.15) is 0 Å². The molecule has 7 nitrogen and oxygen atoms in total. The quantitative estimate of drug-likeness (QED) is 0.456. The highest BCUT2D eigenvalue weighted by atomic mass is 32.2. The zero-order valence-electron chi connectivity index (χ0n) is 15.9. The van der Waals surface area contributed by atoms with E-state index in [1.165, 1.54) is 23.5 Å². The van der Waals surface area contributed by atoms with Crippen molar-refractivity contribution in [2.75, 3.05) is 6.61 Å². The van der Waals surface area contributed by atoms with E-state index in [0.29, 0.717) is 16.9 Å². The Morgan fingerprint density at radius 3 is 2.41 bits per heavy atom. The third-order valence-electron chi connectivity index (χ3n) is 4.42. The molecule has 3 aromatic rings. The monoisotopic (exact) mass is 432 g/mol.